The predicted octanol–water partition coefficient (Wildman–Crippen LogP) is 2.84. The fraction of sp³-hybridized carbons (Fsp3) is 0.200. The van der Waals surface area contributed by atoms with Crippen molar-refractivity contribution < 1.29 is 0 Å². The fourth-order valence-corrected chi connectivity index (χ4v) is 2.80. The summed E-state index contributed by atoms with van der Waals surface area (Å²) in [5, 5.41) is 9.41. The van der Waals surface area contributed by atoms with Crippen molar-refractivity contribution in [2.24, 2.45) is 0 Å². The molecule has 4 rings (SSSR count). The number of fused-ring (bicyclic) bond motifs is 3. The number of nitrogens with one attached hydrogen (secondary N) is 1. The van der Waals surface area contributed by atoms with Crippen molar-refractivity contribution in [2.75, 3.05) is 11.9 Å². The molecule has 0 saturated carbocycles. The Labute approximate surface area is 111 Å². The minimum atomic E-state index is 0.298. The first kappa shape index (κ1) is 10.6. The SMILES string of the molecule is c1ccc2c3n(nc2c1)C(c1ccncc1)CCN3. The number of anilines is 1. The maximum absolute atomic E-state index is 4.74. The molecular formula is C15H14N4. The molecule has 0 amide bonds. The summed E-state index contributed by atoms with van der Waals surface area (Å²) in [4.78, 5) is 4.09. The average Bonchev–Trinajstić information content (AvgIpc) is 2.87. The molecule has 2 aromatic heterocycles. The summed E-state index contributed by atoms with van der Waals surface area (Å²) in [6.07, 6.45) is 4.74. The number of aromatic nitrogens is 3. The highest BCUT2D eigenvalue weighted by Crippen LogP contribution is 2.33. The molecule has 0 saturated heterocycles. The molecule has 1 N–H and O–H groups in total. The van der Waals surface area contributed by atoms with Crippen molar-refractivity contribution in [1.82, 2.24) is 14.8 Å². The number of hydrogen-bond donors (Lipinski definition) is 1. The van der Waals surface area contributed by atoms with Gasteiger partial charge in [-0.2, -0.15) is 5.10 Å². The van der Waals surface area contributed by atoms with Crippen LogP contribution in [0.3, 0.4) is 0 Å². The molecule has 1 aliphatic heterocycles. The van der Waals surface area contributed by atoms with E-state index in [-0.39, 0.29) is 0 Å². The fourth-order valence-electron chi connectivity index (χ4n) is 2.80. The van der Waals surface area contributed by atoms with Crippen molar-refractivity contribution in [3.63, 3.8) is 0 Å². The van der Waals surface area contributed by atoms with Gasteiger partial charge in [-0.3, -0.25) is 4.98 Å². The van der Waals surface area contributed by atoms with Gasteiger partial charge in [0.1, 0.15) is 5.82 Å². The summed E-state index contributed by atoms with van der Waals surface area (Å²) in [6, 6.07) is 12.7. The van der Waals surface area contributed by atoms with E-state index < -0.39 is 0 Å². The van der Waals surface area contributed by atoms with E-state index in [1.54, 1.807) is 0 Å². The molecule has 4 heteroatoms. The van der Waals surface area contributed by atoms with Gasteiger partial charge in [0.2, 0.25) is 0 Å². The molecule has 0 fully saturated rings. The van der Waals surface area contributed by atoms with E-state index in [0.29, 0.717) is 6.04 Å². The number of nitrogens with zero attached hydrogens (tertiary/aromatic N) is 3. The van der Waals surface area contributed by atoms with E-state index in [1.807, 2.05) is 18.5 Å². The van der Waals surface area contributed by atoms with Crippen LogP contribution >= 0.6 is 0 Å². The Bertz CT molecular complexity index is 717. The molecule has 3 heterocycles. The Kier molecular flexibility index (Phi) is 2.27. The van der Waals surface area contributed by atoms with Crippen LogP contribution in [0.2, 0.25) is 0 Å². The molecule has 0 radical (unpaired) electrons. The summed E-state index contributed by atoms with van der Waals surface area (Å²) in [5.74, 6) is 1.13. The van der Waals surface area contributed by atoms with E-state index in [0.717, 1.165) is 24.3 Å². The molecule has 0 bridgehead atoms. The molecule has 1 aromatic carbocycles. The lowest BCUT2D eigenvalue weighted by molar-refractivity contribution is 0.485. The van der Waals surface area contributed by atoms with Crippen LogP contribution in [0.5, 0.6) is 0 Å². The topological polar surface area (TPSA) is 42.7 Å². The molecule has 19 heavy (non-hydrogen) atoms. The summed E-state index contributed by atoms with van der Waals surface area (Å²) in [5.41, 5.74) is 2.32. The monoisotopic (exact) mass is 250 g/mol. The van der Waals surface area contributed by atoms with Gasteiger partial charge in [0.05, 0.1) is 11.6 Å². The van der Waals surface area contributed by atoms with Gasteiger partial charge >= 0.3 is 0 Å². The maximum atomic E-state index is 4.74. The first-order valence-corrected chi connectivity index (χ1v) is 6.54. The van der Waals surface area contributed by atoms with Crippen molar-refractivity contribution in [2.45, 2.75) is 12.5 Å². The normalized spacial score (nSPS) is 18.0. The van der Waals surface area contributed by atoms with Gasteiger partial charge in [0.25, 0.3) is 0 Å². The van der Waals surface area contributed by atoms with Crippen molar-refractivity contribution in [1.29, 1.82) is 0 Å². The van der Waals surface area contributed by atoms with Gasteiger partial charge in [0.15, 0.2) is 0 Å². The van der Waals surface area contributed by atoms with Crippen LogP contribution in [0.15, 0.2) is 48.8 Å². The Balaban J connectivity index is 1.91. The van der Waals surface area contributed by atoms with Crippen LogP contribution in [0, 0.1) is 0 Å². The average molecular weight is 250 g/mol. The molecule has 0 aliphatic carbocycles. The molecular weight excluding hydrogens is 236 g/mol. The van der Waals surface area contributed by atoms with Gasteiger partial charge in [-0.25, -0.2) is 4.68 Å². The second kappa shape index (κ2) is 4.09. The lowest BCUT2D eigenvalue weighted by Crippen LogP contribution is -2.24. The van der Waals surface area contributed by atoms with E-state index in [4.69, 9.17) is 5.10 Å². The van der Waals surface area contributed by atoms with Crippen molar-refractivity contribution in [3.8, 4) is 0 Å². The summed E-state index contributed by atoms with van der Waals surface area (Å²) in [7, 11) is 0. The highest BCUT2D eigenvalue weighted by Gasteiger charge is 2.24. The maximum Gasteiger partial charge on any atom is 0.132 e. The third-order valence-corrected chi connectivity index (χ3v) is 3.70. The van der Waals surface area contributed by atoms with E-state index >= 15 is 0 Å². The van der Waals surface area contributed by atoms with Gasteiger partial charge in [-0.1, -0.05) is 12.1 Å². The lowest BCUT2D eigenvalue weighted by atomic mass is 10.0. The minimum absolute atomic E-state index is 0.298. The lowest BCUT2D eigenvalue weighted by Gasteiger charge is -2.26. The second-order valence-corrected chi connectivity index (χ2v) is 4.82. The highest BCUT2D eigenvalue weighted by molar-refractivity contribution is 5.90. The third-order valence-electron chi connectivity index (χ3n) is 3.70. The Morgan fingerprint density at radius 2 is 1.95 bits per heavy atom. The summed E-state index contributed by atoms with van der Waals surface area (Å²) >= 11 is 0. The van der Waals surface area contributed by atoms with Crippen LogP contribution in [0.25, 0.3) is 10.9 Å². The largest absolute Gasteiger partial charge is 0.370 e. The number of rotatable bonds is 1. The van der Waals surface area contributed by atoms with Crippen molar-refractivity contribution >= 4 is 16.7 Å². The summed E-state index contributed by atoms with van der Waals surface area (Å²) < 4.78 is 2.11. The first-order chi connectivity index (χ1) is 9.43. The second-order valence-electron chi connectivity index (χ2n) is 4.82. The predicted molar refractivity (Wildman–Crippen MR) is 75.2 cm³/mol. The van der Waals surface area contributed by atoms with Crippen molar-refractivity contribution in [3.05, 3.63) is 54.4 Å². The Morgan fingerprint density at radius 3 is 2.84 bits per heavy atom. The van der Waals surface area contributed by atoms with E-state index in [2.05, 4.69) is 45.3 Å². The molecule has 0 spiro atoms. The van der Waals surface area contributed by atoms with Gasteiger partial charge in [-0.15, -0.1) is 0 Å². The quantitative estimate of drug-likeness (QED) is 0.722. The van der Waals surface area contributed by atoms with Crippen LogP contribution in [-0.4, -0.2) is 21.3 Å². The standard InChI is InChI=1S/C15H14N4/c1-2-4-13-12(3-1)15-17-10-7-14(19(15)18-13)11-5-8-16-9-6-11/h1-6,8-9,14,17H,7,10H2. The molecule has 1 aliphatic rings. The molecule has 1 unspecified atom stereocenters. The zero-order valence-corrected chi connectivity index (χ0v) is 10.5. The van der Waals surface area contributed by atoms with Gasteiger partial charge < -0.3 is 5.32 Å². The van der Waals surface area contributed by atoms with Crippen LogP contribution in [0.1, 0.15) is 18.0 Å². The third kappa shape index (κ3) is 1.60. The highest BCUT2D eigenvalue weighted by atomic mass is 15.4. The molecule has 3 aromatic rings. The smallest absolute Gasteiger partial charge is 0.132 e. The molecule has 94 valence electrons. The number of hydrogen-bond acceptors (Lipinski definition) is 3. The number of benzene rings is 1. The van der Waals surface area contributed by atoms with Gasteiger partial charge in [0, 0.05) is 24.3 Å². The first-order valence-electron chi connectivity index (χ1n) is 6.54. The minimum Gasteiger partial charge on any atom is -0.370 e. The van der Waals surface area contributed by atoms with Crippen LogP contribution in [-0.2, 0) is 0 Å². The number of pyridine rings is 1. The zero-order valence-electron chi connectivity index (χ0n) is 10.5. The summed E-state index contributed by atoms with van der Waals surface area (Å²) in [6.45, 7) is 0.975. The Morgan fingerprint density at radius 1 is 1.11 bits per heavy atom. The molecule has 4 nitrogen and oxygen atoms in total. The molecule has 1 atom stereocenters. The zero-order chi connectivity index (χ0) is 12.7. The van der Waals surface area contributed by atoms with E-state index in [9.17, 15) is 0 Å². The van der Waals surface area contributed by atoms with Gasteiger partial charge in [-0.05, 0) is 36.2 Å². The van der Waals surface area contributed by atoms with Crippen LogP contribution < -0.4 is 5.32 Å². The van der Waals surface area contributed by atoms with E-state index in [1.165, 1.54) is 10.9 Å². The van der Waals surface area contributed by atoms with Crippen LogP contribution in [0.4, 0.5) is 5.82 Å². The Hall–Kier alpha value is -2.36.